The molecule has 13 heavy (non-hydrogen) atoms. The van der Waals surface area contributed by atoms with E-state index in [-0.39, 0.29) is 0 Å². The lowest BCUT2D eigenvalue weighted by Gasteiger charge is -2.14. The third kappa shape index (κ3) is 1.71. The first-order valence-corrected chi connectivity index (χ1v) is 5.10. The number of likely N-dealkylation sites (N-methyl/N-ethyl adjacent to an activating group) is 1. The van der Waals surface area contributed by atoms with Gasteiger partial charge < -0.3 is 9.47 Å². The predicted octanol–water partition coefficient (Wildman–Crippen LogP) is 1.50. The van der Waals surface area contributed by atoms with Crippen molar-refractivity contribution in [2.45, 2.75) is 18.3 Å². The molecular weight excluding hydrogens is 186 g/mol. The lowest BCUT2D eigenvalue weighted by Crippen LogP contribution is -2.16. The van der Waals surface area contributed by atoms with Crippen molar-refractivity contribution in [2.75, 3.05) is 20.1 Å². The van der Waals surface area contributed by atoms with Gasteiger partial charge in [0.1, 0.15) is 0 Å². The van der Waals surface area contributed by atoms with E-state index in [0.29, 0.717) is 11.9 Å². The molecule has 1 saturated heterocycles. The van der Waals surface area contributed by atoms with Gasteiger partial charge in [0.2, 0.25) is 0 Å². The highest BCUT2D eigenvalue weighted by Gasteiger charge is 2.21. The highest BCUT2D eigenvalue weighted by molar-refractivity contribution is 6.16. The van der Waals surface area contributed by atoms with Crippen LogP contribution in [-0.2, 0) is 5.88 Å². The number of likely N-dealkylation sites (tertiary alicyclic amines) is 1. The average molecular weight is 200 g/mol. The molecule has 2 heterocycles. The summed E-state index contributed by atoms with van der Waals surface area (Å²) in [5, 5.41) is 0. The van der Waals surface area contributed by atoms with E-state index in [2.05, 4.69) is 21.5 Å². The Hall–Kier alpha value is -0.540. The second-order valence-electron chi connectivity index (χ2n) is 3.63. The Labute approximate surface area is 83.3 Å². The maximum Gasteiger partial charge on any atom is 0.0951 e. The summed E-state index contributed by atoms with van der Waals surface area (Å²) in [6.07, 6.45) is 4.95. The van der Waals surface area contributed by atoms with Crippen LogP contribution in [0.4, 0.5) is 0 Å². The minimum absolute atomic E-state index is 0.556. The molecule has 4 heteroatoms. The fourth-order valence-electron chi connectivity index (χ4n) is 1.90. The van der Waals surface area contributed by atoms with Crippen LogP contribution in [0.3, 0.4) is 0 Å². The maximum absolute atomic E-state index is 5.81. The topological polar surface area (TPSA) is 21.1 Å². The Morgan fingerprint density at radius 3 is 3.15 bits per heavy atom. The molecule has 1 unspecified atom stereocenters. The molecular formula is C9H14ClN3. The highest BCUT2D eigenvalue weighted by Crippen LogP contribution is 2.22. The summed E-state index contributed by atoms with van der Waals surface area (Å²) in [4.78, 5) is 6.46. The second kappa shape index (κ2) is 3.68. The zero-order valence-electron chi connectivity index (χ0n) is 7.78. The second-order valence-corrected chi connectivity index (χ2v) is 3.90. The summed E-state index contributed by atoms with van der Waals surface area (Å²) in [6, 6.07) is 0.571. The van der Waals surface area contributed by atoms with Gasteiger partial charge in [-0.25, -0.2) is 4.98 Å². The largest absolute Gasteiger partial charge is 0.329 e. The fourth-order valence-corrected chi connectivity index (χ4v) is 2.11. The quantitative estimate of drug-likeness (QED) is 0.674. The molecule has 1 aliphatic rings. The van der Waals surface area contributed by atoms with Crippen molar-refractivity contribution in [3.63, 3.8) is 0 Å². The Balaban J connectivity index is 2.16. The molecule has 1 fully saturated rings. The summed E-state index contributed by atoms with van der Waals surface area (Å²) < 4.78 is 2.20. The number of hydrogen-bond acceptors (Lipinski definition) is 2. The molecule has 1 aliphatic heterocycles. The third-order valence-electron chi connectivity index (χ3n) is 2.64. The molecule has 1 aromatic rings. The van der Waals surface area contributed by atoms with Crippen LogP contribution in [0, 0.1) is 0 Å². The highest BCUT2D eigenvalue weighted by atomic mass is 35.5. The fraction of sp³-hybridized carbons (Fsp3) is 0.667. The van der Waals surface area contributed by atoms with Crippen LogP contribution in [0.1, 0.15) is 18.2 Å². The summed E-state index contributed by atoms with van der Waals surface area (Å²) in [7, 11) is 2.15. The Kier molecular flexibility index (Phi) is 2.56. The number of alkyl halides is 1. The van der Waals surface area contributed by atoms with Gasteiger partial charge in [0.05, 0.1) is 17.9 Å². The molecule has 72 valence electrons. The molecule has 0 N–H and O–H groups in total. The van der Waals surface area contributed by atoms with E-state index in [9.17, 15) is 0 Å². The van der Waals surface area contributed by atoms with Crippen molar-refractivity contribution in [2.24, 2.45) is 0 Å². The van der Waals surface area contributed by atoms with Crippen molar-refractivity contribution < 1.29 is 0 Å². The monoisotopic (exact) mass is 199 g/mol. The first-order valence-electron chi connectivity index (χ1n) is 4.56. The van der Waals surface area contributed by atoms with E-state index in [4.69, 9.17) is 11.6 Å². The number of rotatable bonds is 2. The molecule has 0 radical (unpaired) electrons. The van der Waals surface area contributed by atoms with Crippen LogP contribution in [-0.4, -0.2) is 34.6 Å². The molecule has 0 aliphatic carbocycles. The van der Waals surface area contributed by atoms with Crippen LogP contribution >= 0.6 is 11.6 Å². The van der Waals surface area contributed by atoms with Gasteiger partial charge in [0, 0.05) is 18.8 Å². The molecule has 3 nitrogen and oxygen atoms in total. The van der Waals surface area contributed by atoms with Gasteiger partial charge in [-0.15, -0.1) is 11.6 Å². The molecule has 0 aromatic carbocycles. The van der Waals surface area contributed by atoms with Gasteiger partial charge in [-0.1, -0.05) is 0 Å². The van der Waals surface area contributed by atoms with E-state index in [1.165, 1.54) is 13.0 Å². The SMILES string of the molecule is CN1CCC(n2cncc2CCl)C1. The van der Waals surface area contributed by atoms with Gasteiger partial charge in [-0.05, 0) is 20.0 Å². The molecule has 0 saturated carbocycles. The smallest absolute Gasteiger partial charge is 0.0951 e. The number of aromatic nitrogens is 2. The van der Waals surface area contributed by atoms with Crippen molar-refractivity contribution in [1.82, 2.24) is 14.5 Å². The minimum Gasteiger partial charge on any atom is -0.329 e. The van der Waals surface area contributed by atoms with Crippen molar-refractivity contribution >= 4 is 11.6 Å². The molecule has 1 aromatic heterocycles. The maximum atomic E-state index is 5.81. The number of halogens is 1. The number of imidazole rings is 1. The van der Waals surface area contributed by atoms with Crippen LogP contribution < -0.4 is 0 Å². The van der Waals surface area contributed by atoms with Crippen molar-refractivity contribution in [3.8, 4) is 0 Å². The summed E-state index contributed by atoms with van der Waals surface area (Å²) in [6.45, 7) is 2.28. The zero-order chi connectivity index (χ0) is 9.26. The van der Waals surface area contributed by atoms with Crippen LogP contribution in [0.15, 0.2) is 12.5 Å². The lowest BCUT2D eigenvalue weighted by molar-refractivity contribution is 0.390. The summed E-state index contributed by atoms with van der Waals surface area (Å²) >= 11 is 5.81. The van der Waals surface area contributed by atoms with Crippen molar-refractivity contribution in [3.05, 3.63) is 18.2 Å². The van der Waals surface area contributed by atoms with E-state index in [1.807, 2.05) is 12.5 Å². The number of hydrogen-bond donors (Lipinski definition) is 0. The van der Waals surface area contributed by atoms with E-state index < -0.39 is 0 Å². The van der Waals surface area contributed by atoms with E-state index >= 15 is 0 Å². The van der Waals surface area contributed by atoms with Gasteiger partial charge in [0.15, 0.2) is 0 Å². The molecule has 0 spiro atoms. The van der Waals surface area contributed by atoms with Crippen molar-refractivity contribution in [1.29, 1.82) is 0 Å². The first kappa shape index (κ1) is 9.03. The summed E-state index contributed by atoms with van der Waals surface area (Å²) in [5.74, 6) is 0.556. The first-order chi connectivity index (χ1) is 6.31. The van der Waals surface area contributed by atoms with Crippen LogP contribution in [0.2, 0.25) is 0 Å². The van der Waals surface area contributed by atoms with Crippen LogP contribution in [0.25, 0.3) is 0 Å². The van der Waals surface area contributed by atoms with E-state index in [1.54, 1.807) is 0 Å². The zero-order valence-corrected chi connectivity index (χ0v) is 8.54. The Morgan fingerprint density at radius 2 is 2.54 bits per heavy atom. The van der Waals surface area contributed by atoms with E-state index in [0.717, 1.165) is 12.2 Å². The van der Waals surface area contributed by atoms with Gasteiger partial charge in [-0.3, -0.25) is 0 Å². The lowest BCUT2D eigenvalue weighted by atomic mass is 10.2. The molecule has 1 atom stereocenters. The normalized spacial score (nSPS) is 24.0. The molecule has 2 rings (SSSR count). The van der Waals surface area contributed by atoms with Gasteiger partial charge >= 0.3 is 0 Å². The third-order valence-corrected chi connectivity index (χ3v) is 2.92. The molecule has 0 bridgehead atoms. The molecule has 0 amide bonds. The Morgan fingerprint density at radius 1 is 1.69 bits per heavy atom. The predicted molar refractivity (Wildman–Crippen MR) is 52.9 cm³/mol. The Bertz CT molecular complexity index is 284. The number of nitrogens with zero attached hydrogens (tertiary/aromatic N) is 3. The average Bonchev–Trinajstić information content (AvgIpc) is 2.71. The van der Waals surface area contributed by atoms with Gasteiger partial charge in [0.25, 0.3) is 0 Å². The van der Waals surface area contributed by atoms with Gasteiger partial charge in [-0.2, -0.15) is 0 Å². The summed E-state index contributed by atoms with van der Waals surface area (Å²) in [5.41, 5.74) is 1.13. The standard InChI is InChI=1S/C9H14ClN3/c1-12-3-2-8(6-12)13-7-11-5-9(13)4-10/h5,7-8H,2-4,6H2,1H3. The van der Waals surface area contributed by atoms with Crippen LogP contribution in [0.5, 0.6) is 0 Å². The minimum atomic E-state index is 0.556.